The lowest BCUT2D eigenvalue weighted by Gasteiger charge is -2.32. The number of rotatable bonds is 4. The predicted molar refractivity (Wildman–Crippen MR) is 55.6 cm³/mol. The second-order valence-electron chi connectivity index (χ2n) is 4.62. The van der Waals surface area contributed by atoms with Crippen LogP contribution in [0.2, 0.25) is 0 Å². The molecule has 2 heteroatoms. The van der Waals surface area contributed by atoms with Crippen LogP contribution in [-0.4, -0.2) is 18.2 Å². The Kier molecular flexibility index (Phi) is 3.74. The van der Waals surface area contributed by atoms with E-state index in [2.05, 4.69) is 20.8 Å². The standard InChI is InChI=1S/C11H23NO/c1-4-9(2)8-10(12)11(3)6-5-7-13-11/h9-10H,4-8,12H2,1-3H3. The minimum atomic E-state index is -0.0383. The minimum Gasteiger partial charge on any atom is -0.374 e. The Morgan fingerprint density at radius 2 is 2.23 bits per heavy atom. The van der Waals surface area contributed by atoms with Crippen molar-refractivity contribution in [3.05, 3.63) is 0 Å². The highest BCUT2D eigenvalue weighted by Gasteiger charge is 2.36. The first-order valence-electron chi connectivity index (χ1n) is 5.48. The molecule has 1 aliphatic rings. The van der Waals surface area contributed by atoms with Gasteiger partial charge in [-0.25, -0.2) is 0 Å². The fourth-order valence-corrected chi connectivity index (χ4v) is 1.94. The molecule has 0 aromatic carbocycles. The van der Waals surface area contributed by atoms with E-state index in [1.165, 1.54) is 12.8 Å². The predicted octanol–water partition coefficient (Wildman–Crippen LogP) is 2.32. The molecule has 1 aliphatic heterocycles. The molecule has 1 heterocycles. The summed E-state index contributed by atoms with van der Waals surface area (Å²) in [5, 5.41) is 0. The molecule has 2 N–H and O–H groups in total. The molecule has 0 radical (unpaired) electrons. The Balaban J connectivity index is 2.41. The summed E-state index contributed by atoms with van der Waals surface area (Å²) in [6.45, 7) is 7.53. The molecule has 13 heavy (non-hydrogen) atoms. The summed E-state index contributed by atoms with van der Waals surface area (Å²) in [4.78, 5) is 0. The van der Waals surface area contributed by atoms with Crippen LogP contribution in [0.3, 0.4) is 0 Å². The van der Waals surface area contributed by atoms with E-state index in [4.69, 9.17) is 10.5 Å². The van der Waals surface area contributed by atoms with E-state index in [-0.39, 0.29) is 11.6 Å². The van der Waals surface area contributed by atoms with Gasteiger partial charge in [0, 0.05) is 12.6 Å². The molecule has 2 nitrogen and oxygen atoms in total. The van der Waals surface area contributed by atoms with Crippen molar-refractivity contribution in [3.8, 4) is 0 Å². The number of nitrogens with two attached hydrogens (primary N) is 1. The molecule has 0 saturated carbocycles. The first kappa shape index (κ1) is 11.0. The smallest absolute Gasteiger partial charge is 0.0805 e. The van der Waals surface area contributed by atoms with Crippen molar-refractivity contribution in [1.82, 2.24) is 0 Å². The first-order chi connectivity index (χ1) is 6.08. The average molecular weight is 185 g/mol. The highest BCUT2D eigenvalue weighted by atomic mass is 16.5. The van der Waals surface area contributed by atoms with Gasteiger partial charge in [-0.15, -0.1) is 0 Å². The molecule has 0 aromatic heterocycles. The Hall–Kier alpha value is -0.0800. The molecular weight excluding hydrogens is 162 g/mol. The topological polar surface area (TPSA) is 35.2 Å². The van der Waals surface area contributed by atoms with Gasteiger partial charge in [0.15, 0.2) is 0 Å². The molecule has 1 saturated heterocycles. The second-order valence-corrected chi connectivity index (χ2v) is 4.62. The van der Waals surface area contributed by atoms with E-state index >= 15 is 0 Å². The third-order valence-corrected chi connectivity index (χ3v) is 3.39. The van der Waals surface area contributed by atoms with Crippen LogP contribution in [0.5, 0.6) is 0 Å². The molecule has 0 bridgehead atoms. The molecule has 0 aliphatic carbocycles. The van der Waals surface area contributed by atoms with Gasteiger partial charge in [0.1, 0.15) is 0 Å². The van der Waals surface area contributed by atoms with Crippen molar-refractivity contribution in [2.75, 3.05) is 6.61 Å². The van der Waals surface area contributed by atoms with Gasteiger partial charge < -0.3 is 10.5 Å². The Bertz CT molecular complexity index is 152. The molecule has 0 amide bonds. The van der Waals surface area contributed by atoms with E-state index < -0.39 is 0 Å². The van der Waals surface area contributed by atoms with Crippen molar-refractivity contribution >= 4 is 0 Å². The summed E-state index contributed by atoms with van der Waals surface area (Å²) in [5.74, 6) is 0.719. The number of hydrogen-bond acceptors (Lipinski definition) is 2. The third kappa shape index (κ3) is 2.68. The normalized spacial score (nSPS) is 33.2. The summed E-state index contributed by atoms with van der Waals surface area (Å²) in [6.07, 6.45) is 4.60. The monoisotopic (exact) mass is 185 g/mol. The second kappa shape index (κ2) is 4.43. The highest BCUT2D eigenvalue weighted by molar-refractivity contribution is 4.91. The maximum absolute atomic E-state index is 6.16. The lowest BCUT2D eigenvalue weighted by Crippen LogP contribution is -2.45. The lowest BCUT2D eigenvalue weighted by atomic mass is 9.86. The van der Waals surface area contributed by atoms with E-state index in [1.807, 2.05) is 0 Å². The van der Waals surface area contributed by atoms with Gasteiger partial charge in [-0.05, 0) is 32.1 Å². The molecule has 78 valence electrons. The van der Waals surface area contributed by atoms with Crippen LogP contribution in [0.15, 0.2) is 0 Å². The van der Waals surface area contributed by atoms with Crippen molar-refractivity contribution < 1.29 is 4.74 Å². The quantitative estimate of drug-likeness (QED) is 0.729. The fourth-order valence-electron chi connectivity index (χ4n) is 1.94. The van der Waals surface area contributed by atoms with Gasteiger partial charge in [0.25, 0.3) is 0 Å². The van der Waals surface area contributed by atoms with Gasteiger partial charge in [-0.1, -0.05) is 20.3 Å². The zero-order valence-corrected chi connectivity index (χ0v) is 9.18. The van der Waals surface area contributed by atoms with Gasteiger partial charge >= 0.3 is 0 Å². The summed E-state index contributed by atoms with van der Waals surface area (Å²) in [5.41, 5.74) is 6.13. The maximum Gasteiger partial charge on any atom is 0.0805 e. The molecule has 3 atom stereocenters. The van der Waals surface area contributed by atoms with Crippen LogP contribution < -0.4 is 5.73 Å². The van der Waals surface area contributed by atoms with Crippen LogP contribution in [0.4, 0.5) is 0 Å². The van der Waals surface area contributed by atoms with Gasteiger partial charge in [-0.2, -0.15) is 0 Å². The summed E-state index contributed by atoms with van der Waals surface area (Å²) in [7, 11) is 0. The van der Waals surface area contributed by atoms with Crippen LogP contribution in [0, 0.1) is 5.92 Å². The SMILES string of the molecule is CCC(C)CC(N)C1(C)CCCO1. The van der Waals surface area contributed by atoms with E-state index in [0.717, 1.165) is 25.4 Å². The maximum atomic E-state index is 6.16. The summed E-state index contributed by atoms with van der Waals surface area (Å²) >= 11 is 0. The Morgan fingerprint density at radius 3 is 2.69 bits per heavy atom. The fraction of sp³-hybridized carbons (Fsp3) is 1.00. The van der Waals surface area contributed by atoms with Crippen LogP contribution >= 0.6 is 0 Å². The van der Waals surface area contributed by atoms with Crippen molar-refractivity contribution in [1.29, 1.82) is 0 Å². The number of hydrogen-bond donors (Lipinski definition) is 1. The zero-order chi connectivity index (χ0) is 9.90. The zero-order valence-electron chi connectivity index (χ0n) is 9.18. The van der Waals surface area contributed by atoms with Gasteiger partial charge in [-0.3, -0.25) is 0 Å². The Labute approximate surface area is 81.8 Å². The average Bonchev–Trinajstić information content (AvgIpc) is 2.53. The van der Waals surface area contributed by atoms with E-state index in [9.17, 15) is 0 Å². The molecule has 0 aromatic rings. The van der Waals surface area contributed by atoms with Crippen molar-refractivity contribution in [2.24, 2.45) is 11.7 Å². The molecule has 1 rings (SSSR count). The molecule has 1 fully saturated rings. The first-order valence-corrected chi connectivity index (χ1v) is 5.48. The van der Waals surface area contributed by atoms with Gasteiger partial charge in [0.05, 0.1) is 5.60 Å². The summed E-state index contributed by atoms with van der Waals surface area (Å²) < 4.78 is 5.72. The highest BCUT2D eigenvalue weighted by Crippen LogP contribution is 2.30. The van der Waals surface area contributed by atoms with Gasteiger partial charge in [0.2, 0.25) is 0 Å². The molecule has 3 unspecified atom stereocenters. The molecule has 0 spiro atoms. The molecular formula is C11H23NO. The van der Waals surface area contributed by atoms with Crippen LogP contribution in [-0.2, 0) is 4.74 Å². The van der Waals surface area contributed by atoms with Crippen molar-refractivity contribution in [3.63, 3.8) is 0 Å². The van der Waals surface area contributed by atoms with Crippen LogP contribution in [0.25, 0.3) is 0 Å². The van der Waals surface area contributed by atoms with Crippen molar-refractivity contribution in [2.45, 2.75) is 58.1 Å². The van der Waals surface area contributed by atoms with Crippen LogP contribution in [0.1, 0.15) is 46.5 Å². The minimum absolute atomic E-state index is 0.0383. The largest absolute Gasteiger partial charge is 0.374 e. The lowest BCUT2D eigenvalue weighted by molar-refractivity contribution is -0.00657. The van der Waals surface area contributed by atoms with E-state index in [1.54, 1.807) is 0 Å². The third-order valence-electron chi connectivity index (χ3n) is 3.39. The van der Waals surface area contributed by atoms with E-state index in [0.29, 0.717) is 0 Å². The summed E-state index contributed by atoms with van der Waals surface area (Å²) in [6, 6.07) is 0.213. The Morgan fingerprint density at radius 1 is 1.54 bits per heavy atom. The number of ether oxygens (including phenoxy) is 1.